The number of carbonyl (C=O) groups excluding carboxylic acids is 2. The Hall–Kier alpha value is -2.96. The molecular weight excluding hydrogens is 322 g/mol. The number of hydrogen-bond donors (Lipinski definition) is 3. The number of rotatable bonds is 7. The molecule has 1 heterocycles. The third-order valence-corrected chi connectivity index (χ3v) is 3.49. The second-order valence-electron chi connectivity index (χ2n) is 5.53. The molecule has 2 aromatic rings. The highest BCUT2D eigenvalue weighted by atomic mass is 16.5. The van der Waals surface area contributed by atoms with Crippen LogP contribution < -0.4 is 20.7 Å². The van der Waals surface area contributed by atoms with Gasteiger partial charge in [-0.25, -0.2) is 4.79 Å². The Morgan fingerprint density at radius 1 is 1.28 bits per heavy atom. The molecule has 0 fully saturated rings. The van der Waals surface area contributed by atoms with Gasteiger partial charge >= 0.3 is 6.03 Å². The van der Waals surface area contributed by atoms with Crippen molar-refractivity contribution >= 4 is 17.6 Å². The highest BCUT2D eigenvalue weighted by Crippen LogP contribution is 2.21. The molecule has 3 N–H and O–H groups in total. The van der Waals surface area contributed by atoms with Crippen molar-refractivity contribution in [1.29, 1.82) is 0 Å². The van der Waals surface area contributed by atoms with Crippen molar-refractivity contribution in [2.24, 2.45) is 0 Å². The molecule has 7 heteroatoms. The average molecular weight is 345 g/mol. The van der Waals surface area contributed by atoms with E-state index in [0.29, 0.717) is 18.1 Å². The van der Waals surface area contributed by atoms with Gasteiger partial charge in [-0.2, -0.15) is 0 Å². The molecule has 2 rings (SSSR count). The van der Waals surface area contributed by atoms with E-state index in [1.54, 1.807) is 31.2 Å². The fraction of sp³-hybridized carbons (Fsp3) is 0.333. The molecular formula is C18H23N3O4. The minimum absolute atomic E-state index is 0.275. The molecule has 134 valence electrons. The minimum Gasteiger partial charge on any atom is -0.494 e. The van der Waals surface area contributed by atoms with Crippen molar-refractivity contribution in [2.45, 2.75) is 33.4 Å². The molecule has 1 aromatic carbocycles. The Morgan fingerprint density at radius 3 is 2.72 bits per heavy atom. The third kappa shape index (κ3) is 5.56. The first-order chi connectivity index (χ1) is 12.0. The number of urea groups is 1. The van der Waals surface area contributed by atoms with Crippen LogP contribution in [-0.4, -0.2) is 24.6 Å². The maximum absolute atomic E-state index is 12.0. The molecule has 0 saturated carbocycles. The molecule has 1 atom stereocenters. The Kier molecular flexibility index (Phi) is 6.45. The van der Waals surface area contributed by atoms with Crippen molar-refractivity contribution in [3.63, 3.8) is 0 Å². The lowest BCUT2D eigenvalue weighted by molar-refractivity contribution is -0.122. The Morgan fingerprint density at radius 2 is 2.08 bits per heavy atom. The molecule has 7 nitrogen and oxygen atoms in total. The van der Waals surface area contributed by atoms with Gasteiger partial charge in [0.15, 0.2) is 0 Å². The van der Waals surface area contributed by atoms with Gasteiger partial charge in [0.1, 0.15) is 17.6 Å². The summed E-state index contributed by atoms with van der Waals surface area (Å²) in [6.07, 6.45) is 1.54. The van der Waals surface area contributed by atoms with Crippen LogP contribution >= 0.6 is 0 Å². The van der Waals surface area contributed by atoms with Gasteiger partial charge in [-0.15, -0.1) is 0 Å². The van der Waals surface area contributed by atoms with Crippen LogP contribution in [0.15, 0.2) is 41.0 Å². The second kappa shape index (κ2) is 8.77. The van der Waals surface area contributed by atoms with E-state index in [0.717, 1.165) is 11.3 Å². The first-order valence-electron chi connectivity index (χ1n) is 8.10. The van der Waals surface area contributed by atoms with Crippen molar-refractivity contribution in [1.82, 2.24) is 10.6 Å². The van der Waals surface area contributed by atoms with Crippen LogP contribution in [0.1, 0.15) is 25.2 Å². The Balaban J connectivity index is 1.82. The first-order valence-corrected chi connectivity index (χ1v) is 8.10. The van der Waals surface area contributed by atoms with E-state index in [1.165, 1.54) is 6.26 Å². The summed E-state index contributed by atoms with van der Waals surface area (Å²) in [7, 11) is 0. The number of amides is 3. The largest absolute Gasteiger partial charge is 0.494 e. The molecule has 1 aromatic heterocycles. The van der Waals surface area contributed by atoms with Gasteiger partial charge in [0.25, 0.3) is 0 Å². The highest BCUT2D eigenvalue weighted by Gasteiger charge is 2.15. The number of hydrogen-bond acceptors (Lipinski definition) is 4. The fourth-order valence-corrected chi connectivity index (χ4v) is 2.21. The van der Waals surface area contributed by atoms with Gasteiger partial charge < -0.3 is 25.1 Å². The number of anilines is 1. The Bertz CT molecular complexity index is 713. The second-order valence-corrected chi connectivity index (χ2v) is 5.53. The normalized spacial score (nSPS) is 11.5. The van der Waals surface area contributed by atoms with Gasteiger partial charge in [0.2, 0.25) is 5.91 Å². The summed E-state index contributed by atoms with van der Waals surface area (Å²) in [6, 6.07) is 7.73. The molecule has 0 radical (unpaired) electrons. The number of aryl methyl sites for hydroxylation is 1. The standard InChI is InChI=1S/C18H23N3O4/c1-4-24-16-8-7-14(10-12(16)2)21-18(23)20-13(3)17(22)19-11-15-6-5-9-25-15/h5-10,13H,4,11H2,1-3H3,(H,19,22)(H2,20,21,23). The van der Waals surface area contributed by atoms with Crippen molar-refractivity contribution in [3.8, 4) is 5.75 Å². The molecule has 1 unspecified atom stereocenters. The summed E-state index contributed by atoms with van der Waals surface area (Å²) < 4.78 is 10.6. The number of ether oxygens (including phenoxy) is 1. The van der Waals surface area contributed by atoms with Gasteiger partial charge in [-0.1, -0.05) is 0 Å². The van der Waals surface area contributed by atoms with Crippen LogP contribution in [0.25, 0.3) is 0 Å². The minimum atomic E-state index is -0.682. The van der Waals surface area contributed by atoms with E-state index >= 15 is 0 Å². The molecule has 0 bridgehead atoms. The van der Waals surface area contributed by atoms with Crippen molar-refractivity contribution < 1.29 is 18.7 Å². The number of nitrogens with one attached hydrogen (secondary N) is 3. The third-order valence-electron chi connectivity index (χ3n) is 3.49. The molecule has 0 aliphatic heterocycles. The van der Waals surface area contributed by atoms with E-state index < -0.39 is 12.1 Å². The molecule has 0 aliphatic carbocycles. The number of benzene rings is 1. The summed E-state index contributed by atoms with van der Waals surface area (Å²) in [5.74, 6) is 1.13. The number of carbonyl (C=O) groups is 2. The predicted octanol–water partition coefficient (Wildman–Crippen LogP) is 2.81. The van der Waals surface area contributed by atoms with Crippen LogP contribution in [0.5, 0.6) is 5.75 Å². The Labute approximate surface area is 146 Å². The molecule has 0 spiro atoms. The molecule has 3 amide bonds. The smallest absolute Gasteiger partial charge is 0.319 e. The van der Waals surface area contributed by atoms with E-state index in [4.69, 9.17) is 9.15 Å². The fourth-order valence-electron chi connectivity index (χ4n) is 2.21. The van der Waals surface area contributed by atoms with E-state index in [2.05, 4.69) is 16.0 Å². The maximum atomic E-state index is 12.0. The maximum Gasteiger partial charge on any atom is 0.319 e. The topological polar surface area (TPSA) is 92.6 Å². The number of furan rings is 1. The van der Waals surface area contributed by atoms with Gasteiger partial charge in [0, 0.05) is 5.69 Å². The lowest BCUT2D eigenvalue weighted by atomic mass is 10.2. The van der Waals surface area contributed by atoms with Crippen LogP contribution in [0, 0.1) is 6.92 Å². The summed E-state index contributed by atoms with van der Waals surface area (Å²) in [6.45, 7) is 6.28. The van der Waals surface area contributed by atoms with Gasteiger partial charge in [-0.3, -0.25) is 4.79 Å². The van der Waals surface area contributed by atoms with E-state index in [-0.39, 0.29) is 12.5 Å². The summed E-state index contributed by atoms with van der Waals surface area (Å²) in [5.41, 5.74) is 1.55. The zero-order valence-corrected chi connectivity index (χ0v) is 14.6. The summed E-state index contributed by atoms with van der Waals surface area (Å²) in [4.78, 5) is 24.0. The molecule has 25 heavy (non-hydrogen) atoms. The zero-order valence-electron chi connectivity index (χ0n) is 14.6. The SMILES string of the molecule is CCOc1ccc(NC(=O)NC(C)C(=O)NCc2ccco2)cc1C. The van der Waals surface area contributed by atoms with Crippen molar-refractivity contribution in [3.05, 3.63) is 47.9 Å². The quantitative estimate of drug-likeness (QED) is 0.719. The first kappa shape index (κ1) is 18.4. The van der Waals surface area contributed by atoms with Gasteiger partial charge in [0.05, 0.1) is 19.4 Å². The van der Waals surface area contributed by atoms with Crippen LogP contribution in [0.2, 0.25) is 0 Å². The van der Waals surface area contributed by atoms with Crippen molar-refractivity contribution in [2.75, 3.05) is 11.9 Å². The predicted molar refractivity (Wildman–Crippen MR) is 94.5 cm³/mol. The molecule has 0 saturated heterocycles. The molecule has 0 aliphatic rings. The van der Waals surface area contributed by atoms with Crippen LogP contribution in [0.3, 0.4) is 0 Å². The highest BCUT2D eigenvalue weighted by molar-refractivity contribution is 5.93. The zero-order chi connectivity index (χ0) is 18.2. The lowest BCUT2D eigenvalue weighted by Gasteiger charge is -2.15. The monoisotopic (exact) mass is 345 g/mol. The van der Waals surface area contributed by atoms with Crippen LogP contribution in [-0.2, 0) is 11.3 Å². The van der Waals surface area contributed by atoms with E-state index in [1.807, 2.05) is 19.9 Å². The average Bonchev–Trinajstić information content (AvgIpc) is 3.08. The lowest BCUT2D eigenvalue weighted by Crippen LogP contribution is -2.46. The van der Waals surface area contributed by atoms with Crippen LogP contribution in [0.4, 0.5) is 10.5 Å². The van der Waals surface area contributed by atoms with Gasteiger partial charge in [-0.05, 0) is 56.7 Å². The summed E-state index contributed by atoms with van der Waals surface area (Å²) in [5, 5.41) is 7.99. The summed E-state index contributed by atoms with van der Waals surface area (Å²) >= 11 is 0. The van der Waals surface area contributed by atoms with E-state index in [9.17, 15) is 9.59 Å².